The van der Waals surface area contributed by atoms with Crippen molar-refractivity contribution in [1.82, 2.24) is 23.0 Å². The van der Waals surface area contributed by atoms with Crippen molar-refractivity contribution in [3.05, 3.63) is 241 Å². The van der Waals surface area contributed by atoms with Gasteiger partial charge >= 0.3 is 29.6 Å². The fourth-order valence-electron chi connectivity index (χ4n) is 12.6. The van der Waals surface area contributed by atoms with Crippen molar-refractivity contribution in [1.29, 1.82) is 21.0 Å². The van der Waals surface area contributed by atoms with Crippen LogP contribution >= 0.6 is 26.6 Å². The van der Waals surface area contributed by atoms with Gasteiger partial charge in [-0.1, -0.05) is 69.6 Å². The summed E-state index contributed by atoms with van der Waals surface area (Å²) in [6.07, 6.45) is 2.04. The molecule has 0 unspecified atom stereocenters. The molecule has 0 radical (unpaired) electrons. The van der Waals surface area contributed by atoms with Crippen LogP contribution in [0.2, 0.25) is 0 Å². The van der Waals surface area contributed by atoms with Crippen LogP contribution in [0.25, 0.3) is 115 Å². The fraction of sp³-hybridized carbons (Fsp3) is 0.268. The van der Waals surface area contributed by atoms with Gasteiger partial charge in [-0.2, -0.15) is 21.0 Å². The zero-order valence-corrected chi connectivity index (χ0v) is 69.8. The predicted molar refractivity (Wildman–Crippen MR) is 442 cm³/mol. The van der Waals surface area contributed by atoms with Crippen molar-refractivity contribution < 1.29 is 65.3 Å². The molecule has 0 amide bonds. The van der Waals surface area contributed by atoms with Crippen molar-refractivity contribution in [2.75, 3.05) is 63.9 Å². The van der Waals surface area contributed by atoms with E-state index < -0.39 is 19.1 Å². The topological polar surface area (TPSA) is 366 Å². The molecule has 12 aromatic rings. The number of benzene rings is 8. The third-order valence-corrected chi connectivity index (χ3v) is 18.1. The smallest absolute Gasteiger partial charge is 0.493 e. The minimum absolute atomic E-state index is 0. The number of nitrogens with two attached hydrogens (primary N) is 1. The molecule has 0 aliphatic carbocycles. The molecule has 0 aliphatic heterocycles. The van der Waals surface area contributed by atoms with Crippen LogP contribution in [0.3, 0.4) is 0 Å². The normalized spacial score (nSPS) is 10.6. The Hall–Kier alpha value is -10.7. The van der Waals surface area contributed by atoms with Gasteiger partial charge in [0.1, 0.15) is 60.5 Å². The van der Waals surface area contributed by atoms with Gasteiger partial charge in [-0.05, 0) is 227 Å². The van der Waals surface area contributed by atoms with E-state index in [0.29, 0.717) is 55.5 Å². The number of hydrogen-bond donors (Lipinski definition) is 2. The van der Waals surface area contributed by atoms with E-state index in [1.807, 2.05) is 140 Å². The molecule has 0 bridgehead atoms. The maximum Gasteiger partial charge on any atom is 1.00 e. The maximum absolute atomic E-state index is 11.1. The van der Waals surface area contributed by atoms with Crippen LogP contribution in [0.1, 0.15) is 72.2 Å². The van der Waals surface area contributed by atoms with E-state index in [1.54, 1.807) is 0 Å². The first-order chi connectivity index (χ1) is 52.8. The molecule has 24 nitrogen and oxygen atoms in total. The van der Waals surface area contributed by atoms with Gasteiger partial charge in [0.25, 0.3) is 0 Å². The monoisotopic (exact) mass is 1620 g/mol. The molecule has 0 saturated heterocycles. The number of alkyl halides is 1. The molecule has 29 heteroatoms. The number of aryl methyl sites for hydroxylation is 8. The van der Waals surface area contributed by atoms with Gasteiger partial charge in [-0.3, -0.25) is 4.91 Å². The SMILES string of the molecule is CCn1c(-c2ccc(OCCBr)cc2)c(C#N)c2ccc(C)cc21.CCn1c(-c2ccc(OCCN)cc2)c(C#N)c2ccc(C)cc21.CCn1c(-c2ccc(OCCN=[N+]=[N-])cc2)c(C#N)c2ccc(C)cc21.CCn1c(-c2ccc(OCCNS(C)(=O)=O)cc2)c(C#N)c2ccc(C)cc21.CS(=O)(=O)Cl.[N-]=[N+]=[N-].[Na+]. The van der Waals surface area contributed by atoms with Crippen LogP contribution in [0.15, 0.2) is 175 Å². The van der Waals surface area contributed by atoms with Crippen molar-refractivity contribution in [2.24, 2.45) is 10.8 Å². The van der Waals surface area contributed by atoms with Crippen molar-refractivity contribution >= 4 is 89.3 Å². The molecular weight excluding hydrogens is 1540 g/mol. The summed E-state index contributed by atoms with van der Waals surface area (Å²) in [6, 6.07) is 65.3. The first-order valence-corrected chi connectivity index (χ1v) is 40.7. The quantitative estimate of drug-likeness (QED) is 0.0114. The number of aromatic nitrogens is 4. The predicted octanol–water partition coefficient (Wildman–Crippen LogP) is 15.8. The Labute approximate surface area is 682 Å². The molecule has 4 aromatic heterocycles. The number of halogens is 2. The first-order valence-electron chi connectivity index (χ1n) is 35.0. The van der Waals surface area contributed by atoms with Crippen LogP contribution < -0.4 is 59.0 Å². The summed E-state index contributed by atoms with van der Waals surface area (Å²) < 4.78 is 74.4. The largest absolute Gasteiger partial charge is 1.00 e. The summed E-state index contributed by atoms with van der Waals surface area (Å²) in [4.78, 5) is 4.20. The third kappa shape index (κ3) is 23.7. The third-order valence-electron chi connectivity index (χ3n) is 17.1. The molecule has 568 valence electrons. The number of nitrogens with one attached hydrogen (secondary N) is 1. The summed E-state index contributed by atoms with van der Waals surface area (Å²) in [5.74, 6) is 2.98. The number of sulfonamides is 1. The van der Waals surface area contributed by atoms with E-state index in [1.165, 1.54) is 21.6 Å². The van der Waals surface area contributed by atoms with Crippen LogP contribution in [0.4, 0.5) is 0 Å². The number of hydrogen-bond acceptors (Lipinski definition) is 14. The van der Waals surface area contributed by atoms with E-state index in [0.717, 1.165) is 161 Å². The van der Waals surface area contributed by atoms with Crippen molar-refractivity contribution in [2.45, 2.75) is 81.6 Å². The second-order valence-electron chi connectivity index (χ2n) is 24.8. The summed E-state index contributed by atoms with van der Waals surface area (Å²) in [6.45, 7) is 22.5. The summed E-state index contributed by atoms with van der Waals surface area (Å²) >= 11 is 3.36. The van der Waals surface area contributed by atoms with E-state index in [2.05, 4.69) is 169 Å². The van der Waals surface area contributed by atoms with Crippen LogP contribution in [-0.2, 0) is 45.3 Å². The number of fused-ring (bicyclic) bond motifs is 4. The molecular formula is C82H85BrClN16NaO8S2. The molecule has 8 aromatic carbocycles. The van der Waals surface area contributed by atoms with Gasteiger partial charge < -0.3 is 54.0 Å². The van der Waals surface area contributed by atoms with Gasteiger partial charge in [0, 0.05) is 81.7 Å². The molecule has 4 heterocycles. The molecule has 12 rings (SSSR count). The standard InChI is InChI=1S/C21H23N3O3S.C20H19BrN2O.C20H19N5O.C20H21N3O.CH3ClO2S.N3.Na/c1-4-24-20-13-15(2)5-10-18(20)19(14-22)21(24)16-6-8-17(9-7-16)27-12-11-23-28(3,25)26;1-3-23-19-12-14(2)4-9-17(19)18(13-22)20(23)15-5-7-16(8-6-15)24-11-10-21;1-3-25-19-12-14(2)4-9-17(19)18(13-21)20(25)15-5-7-16(8-6-15)26-11-10-23-24-22;1-3-23-19-12-14(2)4-9-17(19)18(13-22)20(23)15-5-7-16(8-6-15)24-11-10-21;1-5(2,3)4;1-3-2;/h5-10,13,23H,4,11-12H2,1-3H3;4-9,12H,3,10-11H2,1-2H3;4-9,12H,3,10-11H2,1-2H3;4-9,12H,3,10-11,21H2,1-2H3;1H3;;/q;;;;;-1;+1. The summed E-state index contributed by atoms with van der Waals surface area (Å²) in [7, 11) is -1.91. The van der Waals surface area contributed by atoms with E-state index in [4.69, 9.17) is 41.3 Å². The second kappa shape index (κ2) is 43.0. The Morgan fingerprint density at radius 1 is 0.459 bits per heavy atom. The van der Waals surface area contributed by atoms with E-state index in [9.17, 15) is 37.9 Å². The summed E-state index contributed by atoms with van der Waals surface area (Å²) in [5, 5.41) is 47.2. The van der Waals surface area contributed by atoms with Crippen LogP contribution in [-0.4, -0.2) is 99.0 Å². The molecule has 0 aliphatic rings. The Morgan fingerprint density at radius 2 is 0.712 bits per heavy atom. The molecule has 0 fully saturated rings. The minimum atomic E-state index is -3.22. The number of nitriles is 4. The molecule has 3 N–H and O–H groups in total. The van der Waals surface area contributed by atoms with Crippen LogP contribution in [0.5, 0.6) is 23.0 Å². The Bertz CT molecular complexity index is 5550. The van der Waals surface area contributed by atoms with E-state index in [-0.39, 0.29) is 42.7 Å². The Balaban J connectivity index is 0.000000223. The second-order valence-corrected chi connectivity index (χ2v) is 30.4. The van der Waals surface area contributed by atoms with Crippen molar-refractivity contribution in [3.8, 4) is 92.3 Å². The molecule has 0 atom stereocenters. The van der Waals surface area contributed by atoms with Gasteiger partial charge in [0.15, 0.2) is 0 Å². The number of ether oxygens (including phenoxy) is 4. The van der Waals surface area contributed by atoms with Gasteiger partial charge in [0.2, 0.25) is 19.1 Å². The molecule has 0 spiro atoms. The fourth-order valence-corrected chi connectivity index (χ4v) is 13.2. The van der Waals surface area contributed by atoms with Crippen molar-refractivity contribution in [3.63, 3.8) is 0 Å². The zero-order chi connectivity index (χ0) is 80.2. The molecule has 0 saturated carbocycles. The number of rotatable bonds is 23. The maximum atomic E-state index is 11.1. The average molecular weight is 1630 g/mol. The van der Waals surface area contributed by atoms with E-state index >= 15 is 0 Å². The van der Waals surface area contributed by atoms with Gasteiger partial charge in [-0.15, -0.1) is 0 Å². The number of nitrogens with zero attached hydrogens (tertiary/aromatic N) is 14. The Morgan fingerprint density at radius 3 is 0.937 bits per heavy atom. The summed E-state index contributed by atoms with van der Waals surface area (Å²) in [5.41, 5.74) is 46.9. The van der Waals surface area contributed by atoms with Gasteiger partial charge in [0.05, 0.1) is 99.4 Å². The average Bonchev–Trinajstić information content (AvgIpc) is 1.63. The Kier molecular flexibility index (Phi) is 34.6. The zero-order valence-electron chi connectivity index (χ0n) is 63.8. The molecule has 111 heavy (non-hydrogen) atoms. The van der Waals surface area contributed by atoms with Crippen LogP contribution in [0, 0.1) is 73.0 Å². The first kappa shape index (κ1) is 89.2. The number of azide groups is 1. The van der Waals surface area contributed by atoms with Gasteiger partial charge in [-0.25, -0.2) is 21.6 Å². The minimum Gasteiger partial charge on any atom is -0.493 e.